The molecule has 3 heterocycles. The molecule has 1 aromatic heterocycles. The molecule has 2 saturated heterocycles. The van der Waals surface area contributed by atoms with Crippen LogP contribution in [0.15, 0.2) is 22.6 Å². The van der Waals surface area contributed by atoms with Crippen LogP contribution in [0.2, 0.25) is 0 Å². The first-order valence-corrected chi connectivity index (χ1v) is 8.92. The van der Waals surface area contributed by atoms with Crippen molar-refractivity contribution in [2.75, 3.05) is 25.0 Å². The van der Waals surface area contributed by atoms with Crippen molar-refractivity contribution < 1.29 is 9.15 Å². The van der Waals surface area contributed by atoms with Gasteiger partial charge < -0.3 is 14.5 Å². The number of anilines is 1. The standard InChI is InChI=1S/C19H27N3O2/c1-12-9-22-10-14(8-15(22)11-23-12)20-18-21-16-7-13(19(2,3)4)5-6-17(16)24-18/h5-7,12,14-15H,8-11H2,1-4H3,(H,20,21)/t12-,14-,15-/m0/s1. The van der Waals surface area contributed by atoms with Gasteiger partial charge in [0.1, 0.15) is 5.52 Å². The average molecular weight is 329 g/mol. The minimum Gasteiger partial charge on any atom is -0.424 e. The van der Waals surface area contributed by atoms with E-state index in [2.05, 4.69) is 55.0 Å². The van der Waals surface area contributed by atoms with Gasteiger partial charge in [0.05, 0.1) is 12.7 Å². The highest BCUT2D eigenvalue weighted by atomic mass is 16.5. The molecule has 1 N–H and O–H groups in total. The second kappa shape index (κ2) is 5.74. The van der Waals surface area contributed by atoms with Crippen LogP contribution in [0.3, 0.4) is 0 Å². The topological polar surface area (TPSA) is 50.5 Å². The highest BCUT2D eigenvalue weighted by molar-refractivity contribution is 5.75. The number of morpholine rings is 1. The largest absolute Gasteiger partial charge is 0.424 e. The van der Waals surface area contributed by atoms with E-state index in [0.717, 1.165) is 37.2 Å². The number of aromatic nitrogens is 1. The van der Waals surface area contributed by atoms with E-state index in [1.54, 1.807) is 0 Å². The molecule has 2 aromatic rings. The number of benzene rings is 1. The first kappa shape index (κ1) is 15.9. The van der Waals surface area contributed by atoms with E-state index in [0.29, 0.717) is 24.2 Å². The molecule has 0 radical (unpaired) electrons. The van der Waals surface area contributed by atoms with Crippen molar-refractivity contribution in [2.45, 2.75) is 57.7 Å². The number of nitrogens with one attached hydrogen (secondary N) is 1. The summed E-state index contributed by atoms with van der Waals surface area (Å²) >= 11 is 0. The lowest BCUT2D eigenvalue weighted by atomic mass is 9.87. The first-order chi connectivity index (χ1) is 11.4. The van der Waals surface area contributed by atoms with E-state index in [-0.39, 0.29) is 5.41 Å². The van der Waals surface area contributed by atoms with Crippen LogP contribution in [0.5, 0.6) is 0 Å². The lowest BCUT2D eigenvalue weighted by Crippen LogP contribution is -2.45. The van der Waals surface area contributed by atoms with Crippen LogP contribution >= 0.6 is 0 Å². The molecular formula is C19H27N3O2. The number of ether oxygens (including phenoxy) is 1. The Morgan fingerprint density at radius 3 is 2.88 bits per heavy atom. The van der Waals surface area contributed by atoms with Gasteiger partial charge in [-0.25, -0.2) is 0 Å². The van der Waals surface area contributed by atoms with E-state index >= 15 is 0 Å². The Balaban J connectivity index is 1.49. The molecule has 24 heavy (non-hydrogen) atoms. The fraction of sp³-hybridized carbons (Fsp3) is 0.632. The number of hydrogen-bond donors (Lipinski definition) is 1. The van der Waals surface area contributed by atoms with Gasteiger partial charge in [0.25, 0.3) is 6.01 Å². The molecule has 3 atom stereocenters. The molecule has 0 bridgehead atoms. The number of hydrogen-bond acceptors (Lipinski definition) is 5. The second-order valence-electron chi connectivity index (χ2n) is 8.28. The first-order valence-electron chi connectivity index (χ1n) is 8.92. The summed E-state index contributed by atoms with van der Waals surface area (Å²) in [5.74, 6) is 0. The van der Waals surface area contributed by atoms with Gasteiger partial charge >= 0.3 is 0 Å². The van der Waals surface area contributed by atoms with E-state index in [1.165, 1.54) is 5.56 Å². The monoisotopic (exact) mass is 329 g/mol. The van der Waals surface area contributed by atoms with Crippen molar-refractivity contribution in [3.05, 3.63) is 23.8 Å². The maximum Gasteiger partial charge on any atom is 0.295 e. The van der Waals surface area contributed by atoms with Crippen LogP contribution in [0.25, 0.3) is 11.1 Å². The Morgan fingerprint density at radius 1 is 1.25 bits per heavy atom. The van der Waals surface area contributed by atoms with Gasteiger partial charge in [0.2, 0.25) is 0 Å². The van der Waals surface area contributed by atoms with Crippen LogP contribution in [0.1, 0.15) is 39.7 Å². The Kier molecular flexibility index (Phi) is 3.81. The lowest BCUT2D eigenvalue weighted by molar-refractivity contribution is -0.0390. The summed E-state index contributed by atoms with van der Waals surface area (Å²) in [6, 6.07) is 7.83. The maximum absolute atomic E-state index is 5.90. The molecule has 2 aliphatic rings. The predicted octanol–water partition coefficient (Wildman–Crippen LogP) is 3.40. The SMILES string of the molecule is C[C@H]1CN2C[C@@H](Nc3nc4cc(C(C)(C)C)ccc4o3)C[C@H]2CO1. The maximum atomic E-state index is 5.90. The van der Waals surface area contributed by atoms with Gasteiger partial charge in [-0.15, -0.1) is 0 Å². The van der Waals surface area contributed by atoms with Crippen molar-refractivity contribution in [2.24, 2.45) is 0 Å². The number of nitrogens with zero attached hydrogens (tertiary/aromatic N) is 2. The van der Waals surface area contributed by atoms with E-state index in [4.69, 9.17) is 9.15 Å². The second-order valence-corrected chi connectivity index (χ2v) is 8.28. The highest BCUT2D eigenvalue weighted by Gasteiger charge is 2.36. The van der Waals surface area contributed by atoms with Crippen molar-refractivity contribution in [1.82, 2.24) is 9.88 Å². The third-order valence-corrected chi connectivity index (χ3v) is 5.17. The molecule has 0 unspecified atom stereocenters. The molecule has 130 valence electrons. The molecule has 4 rings (SSSR count). The predicted molar refractivity (Wildman–Crippen MR) is 95.5 cm³/mol. The molecule has 0 aliphatic carbocycles. The van der Waals surface area contributed by atoms with Crippen molar-refractivity contribution >= 4 is 17.1 Å². The molecule has 0 amide bonds. The zero-order valence-corrected chi connectivity index (χ0v) is 15.0. The Hall–Kier alpha value is -1.59. The zero-order chi connectivity index (χ0) is 16.9. The van der Waals surface area contributed by atoms with Crippen LogP contribution in [-0.4, -0.2) is 47.8 Å². The minimum atomic E-state index is 0.117. The van der Waals surface area contributed by atoms with Crippen LogP contribution in [0.4, 0.5) is 6.01 Å². The quantitative estimate of drug-likeness (QED) is 0.915. The molecule has 2 fully saturated rings. The Bertz CT molecular complexity index is 734. The summed E-state index contributed by atoms with van der Waals surface area (Å²) in [5, 5.41) is 3.48. The van der Waals surface area contributed by atoms with Gasteiger partial charge in [-0.2, -0.15) is 4.98 Å². The lowest BCUT2D eigenvalue weighted by Gasteiger charge is -2.33. The number of fused-ring (bicyclic) bond motifs is 2. The van der Waals surface area contributed by atoms with E-state index in [9.17, 15) is 0 Å². The van der Waals surface area contributed by atoms with Crippen LogP contribution in [0, 0.1) is 0 Å². The van der Waals surface area contributed by atoms with Gasteiger partial charge in [0.15, 0.2) is 5.58 Å². The fourth-order valence-electron chi connectivity index (χ4n) is 3.77. The van der Waals surface area contributed by atoms with Gasteiger partial charge in [-0.1, -0.05) is 26.8 Å². The third kappa shape index (κ3) is 3.03. The minimum absolute atomic E-state index is 0.117. The smallest absolute Gasteiger partial charge is 0.295 e. The molecule has 5 nitrogen and oxygen atoms in total. The van der Waals surface area contributed by atoms with Crippen molar-refractivity contribution in [1.29, 1.82) is 0 Å². The zero-order valence-electron chi connectivity index (χ0n) is 15.0. The summed E-state index contributed by atoms with van der Waals surface area (Å²) in [6.45, 7) is 11.7. The van der Waals surface area contributed by atoms with E-state index in [1.807, 2.05) is 6.07 Å². The molecule has 0 spiro atoms. The summed E-state index contributed by atoms with van der Waals surface area (Å²) in [4.78, 5) is 7.18. The van der Waals surface area contributed by atoms with Crippen LogP contribution < -0.4 is 5.32 Å². The molecule has 5 heteroatoms. The Labute approximate surface area is 143 Å². The summed E-state index contributed by atoms with van der Waals surface area (Å²) in [6.07, 6.45) is 1.42. The summed E-state index contributed by atoms with van der Waals surface area (Å²) in [5.41, 5.74) is 3.17. The number of oxazole rings is 1. The third-order valence-electron chi connectivity index (χ3n) is 5.17. The Morgan fingerprint density at radius 2 is 2.08 bits per heavy atom. The summed E-state index contributed by atoms with van der Waals surface area (Å²) < 4.78 is 11.7. The summed E-state index contributed by atoms with van der Waals surface area (Å²) in [7, 11) is 0. The molecule has 2 aliphatic heterocycles. The van der Waals surface area contributed by atoms with E-state index < -0.39 is 0 Å². The highest BCUT2D eigenvalue weighted by Crippen LogP contribution is 2.29. The average Bonchev–Trinajstić information content (AvgIpc) is 3.07. The van der Waals surface area contributed by atoms with Gasteiger partial charge in [-0.3, -0.25) is 4.90 Å². The van der Waals surface area contributed by atoms with Gasteiger partial charge in [-0.05, 0) is 36.5 Å². The fourth-order valence-corrected chi connectivity index (χ4v) is 3.77. The number of rotatable bonds is 2. The van der Waals surface area contributed by atoms with Crippen LogP contribution in [-0.2, 0) is 10.2 Å². The van der Waals surface area contributed by atoms with Crippen molar-refractivity contribution in [3.63, 3.8) is 0 Å². The molecular weight excluding hydrogens is 302 g/mol. The van der Waals surface area contributed by atoms with Crippen molar-refractivity contribution in [3.8, 4) is 0 Å². The molecule has 1 aromatic carbocycles. The molecule has 0 saturated carbocycles. The van der Waals surface area contributed by atoms with Gasteiger partial charge in [0, 0.05) is 25.2 Å². The normalized spacial score (nSPS) is 28.2.